The molecule has 0 aromatic heterocycles. The molecule has 14 nitrogen and oxygen atoms in total. The van der Waals surface area contributed by atoms with Gasteiger partial charge in [0.05, 0.1) is 10.7 Å². The van der Waals surface area contributed by atoms with Crippen LogP contribution < -0.4 is 23.7 Å². The van der Waals surface area contributed by atoms with Gasteiger partial charge in [-0.15, -0.1) is 0 Å². The Kier molecular flexibility index (Phi) is 15.8. The van der Waals surface area contributed by atoms with Crippen LogP contribution in [0.25, 0.3) is 22.3 Å². The standard InChI is InChI=1S/C52H57IO14/c1-49(2,3)64-45(55)60-35-20-14-30(15-21-35)32-18-24-40(62-47(57)66-51(7,8)9)37(26-32)43(34-28-39(53)44(54)42(29-34)59-13)38-27-33(19-25-41(38)63-48(58)67-52(10,11)12)31-16-22-36(23-17-31)61-46(56)65-50(4,5)6/h14-29,43,54H,1-13H3. The third-order valence-corrected chi connectivity index (χ3v) is 9.79. The van der Waals surface area contributed by atoms with Crippen molar-refractivity contribution in [2.75, 3.05) is 7.11 Å². The first kappa shape index (κ1) is 51.5. The van der Waals surface area contributed by atoms with Gasteiger partial charge in [-0.1, -0.05) is 36.4 Å². The zero-order chi connectivity index (χ0) is 49.6. The van der Waals surface area contributed by atoms with Crippen molar-refractivity contribution in [3.8, 4) is 56.8 Å². The Morgan fingerprint density at radius 2 is 0.776 bits per heavy atom. The molecular weight excluding hydrogens is 975 g/mol. The number of ether oxygens (including phenoxy) is 9. The van der Waals surface area contributed by atoms with E-state index >= 15 is 0 Å². The molecule has 5 aromatic carbocycles. The number of hydrogen-bond donors (Lipinski definition) is 1. The van der Waals surface area contributed by atoms with Gasteiger partial charge in [0.25, 0.3) is 0 Å². The molecule has 5 rings (SSSR count). The average molecular weight is 1030 g/mol. The third-order valence-electron chi connectivity index (χ3n) is 8.97. The highest BCUT2D eigenvalue weighted by Gasteiger charge is 2.31. The summed E-state index contributed by atoms with van der Waals surface area (Å²) in [6, 6.07) is 27.2. The number of benzene rings is 5. The molecule has 0 spiro atoms. The lowest BCUT2D eigenvalue weighted by molar-refractivity contribution is 0.0190. The van der Waals surface area contributed by atoms with Crippen molar-refractivity contribution < 1.29 is 66.9 Å². The quantitative estimate of drug-likeness (QED) is 0.0460. The van der Waals surface area contributed by atoms with E-state index in [9.17, 15) is 24.3 Å². The zero-order valence-electron chi connectivity index (χ0n) is 39.9. The van der Waals surface area contributed by atoms with Gasteiger partial charge in [-0.2, -0.15) is 0 Å². The maximum atomic E-state index is 13.5. The van der Waals surface area contributed by atoms with Crippen LogP contribution in [0.5, 0.6) is 34.5 Å². The normalized spacial score (nSPS) is 11.9. The summed E-state index contributed by atoms with van der Waals surface area (Å²) in [5.74, 6) is -0.244. The summed E-state index contributed by atoms with van der Waals surface area (Å²) in [4.78, 5) is 52.0. The van der Waals surface area contributed by atoms with Crippen LogP contribution in [0.4, 0.5) is 19.2 Å². The SMILES string of the molecule is COc1cc(C(c2cc(-c3ccc(OC(=O)OC(C)(C)C)cc3)ccc2OC(=O)OC(C)(C)C)c2cc(-c3ccc(OC(=O)OC(C)(C)C)cc3)ccc2OC(=O)OC(C)(C)C)cc(I)c1O. The molecule has 356 valence electrons. The van der Waals surface area contributed by atoms with Gasteiger partial charge in [0.1, 0.15) is 45.4 Å². The highest BCUT2D eigenvalue weighted by atomic mass is 127. The fourth-order valence-corrected chi connectivity index (χ4v) is 7.05. The summed E-state index contributed by atoms with van der Waals surface area (Å²) in [7, 11) is 1.42. The Bertz CT molecular complexity index is 2440. The predicted octanol–water partition coefficient (Wildman–Crippen LogP) is 13.8. The minimum Gasteiger partial charge on any atom is -0.504 e. The first-order valence-corrected chi connectivity index (χ1v) is 22.3. The number of phenolic OH excluding ortho intramolecular Hbond substituents is 1. The van der Waals surface area contributed by atoms with Crippen molar-refractivity contribution >= 4 is 47.2 Å². The smallest absolute Gasteiger partial charge is 0.504 e. The molecule has 1 N–H and O–H groups in total. The zero-order valence-corrected chi connectivity index (χ0v) is 42.1. The summed E-state index contributed by atoms with van der Waals surface area (Å²) in [6.45, 7) is 20.7. The third kappa shape index (κ3) is 15.3. The van der Waals surface area contributed by atoms with Crippen molar-refractivity contribution in [3.63, 3.8) is 0 Å². The molecule has 0 atom stereocenters. The van der Waals surface area contributed by atoms with Crippen LogP contribution in [-0.2, 0) is 18.9 Å². The van der Waals surface area contributed by atoms with E-state index in [1.807, 2.05) is 34.7 Å². The second-order valence-electron chi connectivity index (χ2n) is 19.3. The van der Waals surface area contributed by atoms with Crippen molar-refractivity contribution in [2.24, 2.45) is 0 Å². The van der Waals surface area contributed by atoms with Gasteiger partial charge in [0.15, 0.2) is 11.5 Å². The number of hydrogen-bond acceptors (Lipinski definition) is 14. The van der Waals surface area contributed by atoms with E-state index in [1.54, 1.807) is 168 Å². The average Bonchev–Trinajstić information content (AvgIpc) is 3.18. The highest BCUT2D eigenvalue weighted by Crippen LogP contribution is 2.47. The van der Waals surface area contributed by atoms with Gasteiger partial charge in [0.2, 0.25) is 0 Å². The molecule has 0 aliphatic rings. The lowest BCUT2D eigenvalue weighted by Gasteiger charge is -2.26. The van der Waals surface area contributed by atoms with Crippen molar-refractivity contribution in [1.82, 2.24) is 0 Å². The Labute approximate surface area is 404 Å². The van der Waals surface area contributed by atoms with E-state index in [-0.39, 0.29) is 34.5 Å². The summed E-state index contributed by atoms with van der Waals surface area (Å²) in [6.07, 6.45) is -3.67. The summed E-state index contributed by atoms with van der Waals surface area (Å²) < 4.78 is 50.8. The van der Waals surface area contributed by atoms with Crippen LogP contribution in [-0.4, -0.2) is 59.2 Å². The van der Waals surface area contributed by atoms with Gasteiger partial charge in [-0.3, -0.25) is 0 Å². The Hall–Kier alpha value is -6.49. The van der Waals surface area contributed by atoms with E-state index in [1.165, 1.54) is 7.11 Å². The summed E-state index contributed by atoms with van der Waals surface area (Å²) in [5.41, 5.74) is 0.656. The van der Waals surface area contributed by atoms with Crippen LogP contribution in [0.15, 0.2) is 97.1 Å². The first-order valence-electron chi connectivity index (χ1n) is 21.2. The molecule has 0 aliphatic heterocycles. The molecule has 0 fully saturated rings. The number of halogens is 1. The molecule has 0 amide bonds. The lowest BCUT2D eigenvalue weighted by Crippen LogP contribution is -2.27. The molecule has 15 heteroatoms. The van der Waals surface area contributed by atoms with Crippen LogP contribution in [0.2, 0.25) is 0 Å². The van der Waals surface area contributed by atoms with E-state index in [2.05, 4.69) is 0 Å². The van der Waals surface area contributed by atoms with Crippen LogP contribution >= 0.6 is 22.6 Å². The number of aromatic hydroxyl groups is 1. The van der Waals surface area contributed by atoms with Crippen LogP contribution in [0.1, 0.15) is 106 Å². The molecule has 0 saturated carbocycles. The Morgan fingerprint density at radius 3 is 1.10 bits per heavy atom. The van der Waals surface area contributed by atoms with Crippen molar-refractivity contribution in [3.05, 3.63) is 117 Å². The van der Waals surface area contributed by atoms with Gasteiger partial charge in [-0.05, 0) is 194 Å². The minimum atomic E-state index is -0.977. The van der Waals surface area contributed by atoms with Crippen LogP contribution in [0, 0.1) is 3.57 Å². The van der Waals surface area contributed by atoms with Gasteiger partial charge >= 0.3 is 24.6 Å². The van der Waals surface area contributed by atoms with E-state index in [4.69, 9.17) is 42.6 Å². The Morgan fingerprint density at radius 1 is 0.448 bits per heavy atom. The largest absolute Gasteiger partial charge is 0.514 e. The van der Waals surface area contributed by atoms with E-state index in [0.717, 1.165) is 0 Å². The number of phenols is 1. The molecule has 0 aliphatic carbocycles. The van der Waals surface area contributed by atoms with E-state index < -0.39 is 52.9 Å². The second-order valence-corrected chi connectivity index (χ2v) is 20.5. The molecule has 0 radical (unpaired) electrons. The van der Waals surface area contributed by atoms with Gasteiger partial charge in [-0.25, -0.2) is 19.2 Å². The molecule has 0 bridgehead atoms. The number of carbonyl (C=O) groups excluding carboxylic acids is 4. The van der Waals surface area contributed by atoms with Gasteiger partial charge in [0, 0.05) is 17.0 Å². The topological polar surface area (TPSA) is 172 Å². The highest BCUT2D eigenvalue weighted by molar-refractivity contribution is 14.1. The molecule has 67 heavy (non-hydrogen) atoms. The Balaban J connectivity index is 1.77. The van der Waals surface area contributed by atoms with Crippen molar-refractivity contribution in [2.45, 2.75) is 111 Å². The first-order chi connectivity index (χ1) is 31.1. The second kappa shape index (κ2) is 20.6. The maximum absolute atomic E-state index is 13.5. The minimum absolute atomic E-state index is 0.0900. The summed E-state index contributed by atoms with van der Waals surface area (Å²) in [5, 5.41) is 11.1. The number of methoxy groups -OCH3 is 1. The number of rotatable bonds is 10. The number of carbonyl (C=O) groups is 4. The molecule has 0 heterocycles. The fraction of sp³-hybridized carbons (Fsp3) is 0.346. The molecule has 0 unspecified atom stereocenters. The summed E-state index contributed by atoms with van der Waals surface area (Å²) >= 11 is 2.00. The van der Waals surface area contributed by atoms with Crippen LogP contribution in [0.3, 0.4) is 0 Å². The fourth-order valence-electron chi connectivity index (χ4n) is 6.42. The monoisotopic (exact) mass is 1030 g/mol. The van der Waals surface area contributed by atoms with Gasteiger partial charge < -0.3 is 47.7 Å². The molecule has 5 aromatic rings. The lowest BCUT2D eigenvalue weighted by atomic mass is 9.81. The predicted molar refractivity (Wildman–Crippen MR) is 260 cm³/mol. The van der Waals surface area contributed by atoms with Crippen molar-refractivity contribution in [1.29, 1.82) is 0 Å². The molecular formula is C52H57IO14. The molecule has 0 saturated heterocycles. The van der Waals surface area contributed by atoms with E-state index in [0.29, 0.717) is 42.5 Å². The maximum Gasteiger partial charge on any atom is 0.514 e.